The minimum absolute atomic E-state index is 0.213. The fourth-order valence-corrected chi connectivity index (χ4v) is 1.65. The molecule has 0 aliphatic heterocycles. The molecule has 21 heavy (non-hydrogen) atoms. The molecule has 0 spiro atoms. The molecule has 1 atom stereocenters. The highest BCUT2D eigenvalue weighted by Crippen LogP contribution is 2.06. The molecule has 6 nitrogen and oxygen atoms in total. The number of carboxylic acids is 1. The zero-order valence-corrected chi connectivity index (χ0v) is 11.9. The average molecular weight is 290 g/mol. The third kappa shape index (κ3) is 5.10. The monoisotopic (exact) mass is 290 g/mol. The number of primary amides is 1. The number of nitrogens with one attached hydrogen (secondary N) is 1. The Hall–Kier alpha value is -2.63. The zero-order chi connectivity index (χ0) is 16.0. The highest BCUT2D eigenvalue weighted by Gasteiger charge is 2.22. The number of hydrogen-bond donors (Lipinski definition) is 3. The van der Waals surface area contributed by atoms with Gasteiger partial charge in [0.05, 0.1) is 0 Å². The van der Waals surface area contributed by atoms with E-state index in [2.05, 4.69) is 5.32 Å². The van der Waals surface area contributed by atoms with E-state index in [0.29, 0.717) is 11.1 Å². The molecule has 1 aromatic carbocycles. The van der Waals surface area contributed by atoms with E-state index in [9.17, 15) is 14.4 Å². The summed E-state index contributed by atoms with van der Waals surface area (Å²) < 4.78 is 0. The molecule has 0 fully saturated rings. The summed E-state index contributed by atoms with van der Waals surface area (Å²) in [5.41, 5.74) is 6.20. The van der Waals surface area contributed by atoms with Crippen molar-refractivity contribution in [3.05, 3.63) is 41.5 Å². The van der Waals surface area contributed by atoms with Gasteiger partial charge in [0.2, 0.25) is 11.8 Å². The summed E-state index contributed by atoms with van der Waals surface area (Å²) in [6.45, 7) is 3.43. The molecule has 0 radical (unpaired) electrons. The lowest BCUT2D eigenvalue weighted by atomic mass is 10.0. The fraction of sp³-hybridized carbons (Fsp3) is 0.267. The largest absolute Gasteiger partial charge is 0.480 e. The second-order valence-corrected chi connectivity index (χ2v) is 4.89. The summed E-state index contributed by atoms with van der Waals surface area (Å²) in [5, 5.41) is 11.4. The molecule has 1 aromatic rings. The lowest BCUT2D eigenvalue weighted by molar-refractivity contribution is -0.142. The Kier molecular flexibility index (Phi) is 5.66. The number of carbonyl (C=O) groups excluding carboxylic acids is 2. The smallest absolute Gasteiger partial charge is 0.326 e. The van der Waals surface area contributed by atoms with Crippen molar-refractivity contribution in [2.45, 2.75) is 19.9 Å². The minimum atomic E-state index is -1.07. The number of amides is 2. The number of nitrogens with two attached hydrogens (primary N) is 1. The maximum absolute atomic E-state index is 11.7. The van der Waals surface area contributed by atoms with Gasteiger partial charge in [-0.05, 0) is 29.7 Å². The van der Waals surface area contributed by atoms with E-state index in [1.807, 2.05) is 0 Å². The molecule has 1 rings (SSSR count). The summed E-state index contributed by atoms with van der Waals surface area (Å²) in [7, 11) is 0. The van der Waals surface area contributed by atoms with Gasteiger partial charge in [-0.25, -0.2) is 4.79 Å². The van der Waals surface area contributed by atoms with Gasteiger partial charge in [-0.15, -0.1) is 0 Å². The summed E-state index contributed by atoms with van der Waals surface area (Å²) in [4.78, 5) is 33.6. The Labute approximate surface area is 122 Å². The maximum atomic E-state index is 11.7. The Balaban J connectivity index is 2.69. The van der Waals surface area contributed by atoms with Crippen LogP contribution >= 0.6 is 0 Å². The lowest BCUT2D eigenvalue weighted by Crippen LogP contribution is -2.43. The van der Waals surface area contributed by atoms with Crippen molar-refractivity contribution in [1.82, 2.24) is 5.32 Å². The van der Waals surface area contributed by atoms with Crippen molar-refractivity contribution < 1.29 is 19.5 Å². The molecule has 0 saturated carbocycles. The minimum Gasteiger partial charge on any atom is -0.480 e. The number of benzene rings is 1. The van der Waals surface area contributed by atoms with Crippen molar-refractivity contribution in [3.63, 3.8) is 0 Å². The quantitative estimate of drug-likeness (QED) is 0.679. The van der Waals surface area contributed by atoms with Crippen molar-refractivity contribution >= 4 is 23.9 Å². The molecular formula is C15H18N2O4. The van der Waals surface area contributed by atoms with Crippen LogP contribution in [0, 0.1) is 5.92 Å². The standard InChI is InChI=1S/C15H18N2O4/c1-9(2)13(15(20)21)17-12(18)8-5-10-3-6-11(7-4-10)14(16)19/h3-9,13H,1-2H3,(H2,16,19)(H,17,18)(H,20,21)/b8-5+/t13-/m1/s1. The second kappa shape index (κ2) is 7.23. The molecule has 0 aliphatic carbocycles. The maximum Gasteiger partial charge on any atom is 0.326 e. The van der Waals surface area contributed by atoms with Crippen molar-refractivity contribution in [2.75, 3.05) is 0 Å². The molecule has 6 heteroatoms. The van der Waals surface area contributed by atoms with Gasteiger partial charge in [0.25, 0.3) is 0 Å². The predicted molar refractivity (Wildman–Crippen MR) is 78.4 cm³/mol. The van der Waals surface area contributed by atoms with Crippen molar-refractivity contribution in [2.24, 2.45) is 11.7 Å². The van der Waals surface area contributed by atoms with E-state index in [1.165, 1.54) is 12.2 Å². The summed E-state index contributed by atoms with van der Waals surface area (Å²) in [6.07, 6.45) is 2.77. The van der Waals surface area contributed by atoms with Gasteiger partial charge in [-0.3, -0.25) is 9.59 Å². The number of carboxylic acid groups (broad SMARTS) is 1. The highest BCUT2D eigenvalue weighted by molar-refractivity contribution is 5.95. The Morgan fingerprint density at radius 1 is 1.19 bits per heavy atom. The van der Waals surface area contributed by atoms with Crippen LogP contribution in [0.15, 0.2) is 30.3 Å². The molecule has 0 unspecified atom stereocenters. The first kappa shape index (κ1) is 16.4. The third-order valence-corrected chi connectivity index (χ3v) is 2.85. The molecule has 2 amide bonds. The lowest BCUT2D eigenvalue weighted by Gasteiger charge is -2.16. The molecule has 0 aromatic heterocycles. The Morgan fingerprint density at radius 2 is 1.76 bits per heavy atom. The number of hydrogen-bond acceptors (Lipinski definition) is 3. The number of aliphatic carboxylic acids is 1. The van der Waals surface area contributed by atoms with Gasteiger partial charge in [0, 0.05) is 11.6 Å². The van der Waals surface area contributed by atoms with Crippen molar-refractivity contribution in [3.8, 4) is 0 Å². The van der Waals surface area contributed by atoms with E-state index < -0.39 is 23.8 Å². The predicted octanol–water partition coefficient (Wildman–Crippen LogP) is 1.02. The molecule has 4 N–H and O–H groups in total. The summed E-state index contributed by atoms with van der Waals surface area (Å²) in [5.74, 6) is -2.30. The third-order valence-electron chi connectivity index (χ3n) is 2.85. The van der Waals surface area contributed by atoms with Crippen LogP contribution in [0.4, 0.5) is 0 Å². The van der Waals surface area contributed by atoms with Crippen LogP contribution in [0.3, 0.4) is 0 Å². The molecular weight excluding hydrogens is 272 g/mol. The van der Waals surface area contributed by atoms with E-state index in [-0.39, 0.29) is 5.92 Å². The molecule has 0 heterocycles. The Bertz CT molecular complexity index is 562. The molecule has 0 aliphatic rings. The van der Waals surface area contributed by atoms with Crippen molar-refractivity contribution in [1.29, 1.82) is 0 Å². The van der Waals surface area contributed by atoms with Gasteiger partial charge in [-0.2, -0.15) is 0 Å². The highest BCUT2D eigenvalue weighted by atomic mass is 16.4. The zero-order valence-electron chi connectivity index (χ0n) is 11.9. The second-order valence-electron chi connectivity index (χ2n) is 4.89. The van der Waals surface area contributed by atoms with Gasteiger partial charge in [0.1, 0.15) is 6.04 Å². The van der Waals surface area contributed by atoms with E-state index in [0.717, 1.165) is 0 Å². The number of rotatable bonds is 6. The van der Waals surface area contributed by atoms with Gasteiger partial charge in [-0.1, -0.05) is 26.0 Å². The summed E-state index contributed by atoms with van der Waals surface area (Å²) in [6, 6.07) is 5.45. The van der Waals surface area contributed by atoms with E-state index >= 15 is 0 Å². The van der Waals surface area contributed by atoms with Crippen LogP contribution in [0.1, 0.15) is 29.8 Å². The van der Waals surface area contributed by atoms with Crippen LogP contribution in [-0.2, 0) is 9.59 Å². The van der Waals surface area contributed by atoms with Crippen LogP contribution in [-0.4, -0.2) is 28.9 Å². The fourth-order valence-electron chi connectivity index (χ4n) is 1.65. The van der Waals surface area contributed by atoms with Crippen LogP contribution < -0.4 is 11.1 Å². The molecule has 112 valence electrons. The van der Waals surface area contributed by atoms with Crippen LogP contribution in [0.2, 0.25) is 0 Å². The van der Waals surface area contributed by atoms with E-state index in [4.69, 9.17) is 10.8 Å². The molecule has 0 saturated heterocycles. The first-order chi connectivity index (χ1) is 9.81. The van der Waals surface area contributed by atoms with E-state index in [1.54, 1.807) is 38.1 Å². The summed E-state index contributed by atoms with van der Waals surface area (Å²) >= 11 is 0. The molecule has 0 bridgehead atoms. The Morgan fingerprint density at radius 3 is 2.19 bits per heavy atom. The van der Waals surface area contributed by atoms with Crippen LogP contribution in [0.25, 0.3) is 6.08 Å². The van der Waals surface area contributed by atoms with Gasteiger partial charge in [0.15, 0.2) is 0 Å². The SMILES string of the molecule is CC(C)[C@@H](NC(=O)/C=C/c1ccc(C(N)=O)cc1)C(=O)O. The van der Waals surface area contributed by atoms with Gasteiger partial charge < -0.3 is 16.2 Å². The first-order valence-electron chi connectivity index (χ1n) is 6.42. The first-order valence-corrected chi connectivity index (χ1v) is 6.42. The normalized spacial score (nSPS) is 12.3. The van der Waals surface area contributed by atoms with Crippen LogP contribution in [0.5, 0.6) is 0 Å². The number of carbonyl (C=O) groups is 3. The topological polar surface area (TPSA) is 109 Å². The van der Waals surface area contributed by atoms with Gasteiger partial charge >= 0.3 is 5.97 Å². The average Bonchev–Trinajstić information content (AvgIpc) is 2.42.